The van der Waals surface area contributed by atoms with Gasteiger partial charge in [-0.1, -0.05) is 13.3 Å². The number of ether oxygens (including phenoxy) is 2. The topological polar surface area (TPSA) is 77.8 Å². The van der Waals surface area contributed by atoms with Crippen molar-refractivity contribution in [1.29, 1.82) is 0 Å². The van der Waals surface area contributed by atoms with Gasteiger partial charge in [-0.3, -0.25) is 4.79 Å². The number of hydrogen-bond acceptors (Lipinski definition) is 6. The van der Waals surface area contributed by atoms with Crippen LogP contribution in [0.4, 0.5) is 5.95 Å². The summed E-state index contributed by atoms with van der Waals surface area (Å²) in [6, 6.07) is 4.23. The third-order valence-electron chi connectivity index (χ3n) is 5.87. The first-order valence-corrected chi connectivity index (χ1v) is 9.48. The SMILES string of the molecule is CCC1(c2ccc3cnc(NC4CCOCC4OC(C)=O)nn23)CCC1. The zero-order valence-electron chi connectivity index (χ0n) is 15.4. The molecular formula is C19H26N4O3. The van der Waals surface area contributed by atoms with E-state index >= 15 is 0 Å². The average Bonchev–Trinajstić information content (AvgIpc) is 3.00. The molecule has 2 aromatic rings. The molecule has 0 bridgehead atoms. The molecule has 0 radical (unpaired) electrons. The predicted octanol–water partition coefficient (Wildman–Crippen LogP) is 2.69. The molecule has 2 fully saturated rings. The Morgan fingerprint density at radius 3 is 3.00 bits per heavy atom. The summed E-state index contributed by atoms with van der Waals surface area (Å²) in [6.07, 6.45) is 7.12. The Morgan fingerprint density at radius 2 is 2.31 bits per heavy atom. The van der Waals surface area contributed by atoms with E-state index in [2.05, 4.69) is 29.4 Å². The fourth-order valence-corrected chi connectivity index (χ4v) is 4.14. The maximum absolute atomic E-state index is 11.3. The Labute approximate surface area is 153 Å². The number of hydrogen-bond donors (Lipinski definition) is 1. The molecule has 2 aliphatic rings. The Balaban J connectivity index is 1.59. The van der Waals surface area contributed by atoms with Crippen molar-refractivity contribution in [3.05, 3.63) is 24.0 Å². The summed E-state index contributed by atoms with van der Waals surface area (Å²) in [6.45, 7) is 4.70. The largest absolute Gasteiger partial charge is 0.458 e. The van der Waals surface area contributed by atoms with Gasteiger partial charge in [-0.2, -0.15) is 0 Å². The van der Waals surface area contributed by atoms with Crippen LogP contribution >= 0.6 is 0 Å². The maximum Gasteiger partial charge on any atom is 0.303 e. The second kappa shape index (κ2) is 6.87. The highest BCUT2D eigenvalue weighted by molar-refractivity contribution is 5.66. The molecule has 2 aromatic heterocycles. The lowest BCUT2D eigenvalue weighted by molar-refractivity contribution is -0.153. The summed E-state index contributed by atoms with van der Waals surface area (Å²) >= 11 is 0. The predicted molar refractivity (Wildman–Crippen MR) is 97.2 cm³/mol. The van der Waals surface area contributed by atoms with Crippen LogP contribution in [0, 0.1) is 0 Å². The van der Waals surface area contributed by atoms with Crippen molar-refractivity contribution < 1.29 is 14.3 Å². The molecule has 1 aliphatic carbocycles. The standard InChI is InChI=1S/C19H26N4O3/c1-3-19(8-4-9-19)17-6-5-14-11-20-18(22-23(14)17)21-15-7-10-25-12-16(15)26-13(2)24/h5-6,11,15-16H,3-4,7-10,12H2,1-2H3,(H,21,22). The Kier molecular flexibility index (Phi) is 4.56. The molecule has 140 valence electrons. The third-order valence-corrected chi connectivity index (χ3v) is 5.87. The van der Waals surface area contributed by atoms with Gasteiger partial charge in [-0.25, -0.2) is 9.50 Å². The van der Waals surface area contributed by atoms with Gasteiger partial charge >= 0.3 is 5.97 Å². The van der Waals surface area contributed by atoms with Gasteiger partial charge in [0.15, 0.2) is 0 Å². The molecule has 0 amide bonds. The molecule has 7 heteroatoms. The van der Waals surface area contributed by atoms with Crippen LogP contribution in [0.2, 0.25) is 0 Å². The quantitative estimate of drug-likeness (QED) is 0.828. The molecule has 0 aromatic carbocycles. The van der Waals surface area contributed by atoms with Crippen molar-refractivity contribution in [1.82, 2.24) is 14.6 Å². The summed E-state index contributed by atoms with van der Waals surface area (Å²) in [4.78, 5) is 15.8. The molecular weight excluding hydrogens is 332 g/mol. The van der Waals surface area contributed by atoms with Gasteiger partial charge in [0.25, 0.3) is 0 Å². The normalized spacial score (nSPS) is 24.8. The van der Waals surface area contributed by atoms with Crippen LogP contribution in [0.25, 0.3) is 5.52 Å². The highest BCUT2D eigenvalue weighted by Crippen LogP contribution is 2.46. The summed E-state index contributed by atoms with van der Waals surface area (Å²) in [5.41, 5.74) is 2.53. The summed E-state index contributed by atoms with van der Waals surface area (Å²) in [5, 5.41) is 8.10. The molecule has 2 unspecified atom stereocenters. The van der Waals surface area contributed by atoms with E-state index in [0.717, 1.165) is 18.4 Å². The Morgan fingerprint density at radius 1 is 1.46 bits per heavy atom. The monoisotopic (exact) mass is 358 g/mol. The van der Waals surface area contributed by atoms with Gasteiger partial charge in [0, 0.05) is 24.6 Å². The maximum atomic E-state index is 11.3. The molecule has 1 aliphatic heterocycles. The molecule has 1 N–H and O–H groups in total. The van der Waals surface area contributed by atoms with E-state index in [1.165, 1.54) is 31.9 Å². The molecule has 1 saturated carbocycles. The number of nitrogens with one attached hydrogen (secondary N) is 1. The van der Waals surface area contributed by atoms with Crippen molar-refractivity contribution in [2.45, 2.75) is 63.5 Å². The van der Waals surface area contributed by atoms with Gasteiger partial charge in [0.2, 0.25) is 5.95 Å². The van der Waals surface area contributed by atoms with E-state index < -0.39 is 0 Å². The van der Waals surface area contributed by atoms with E-state index in [4.69, 9.17) is 14.6 Å². The van der Waals surface area contributed by atoms with Crippen LogP contribution in [0.15, 0.2) is 18.3 Å². The van der Waals surface area contributed by atoms with E-state index in [9.17, 15) is 4.79 Å². The lowest BCUT2D eigenvalue weighted by Gasteiger charge is -2.41. The first-order valence-electron chi connectivity index (χ1n) is 9.48. The van der Waals surface area contributed by atoms with E-state index in [1.807, 2.05) is 10.7 Å². The van der Waals surface area contributed by atoms with Crippen LogP contribution in [0.3, 0.4) is 0 Å². The van der Waals surface area contributed by atoms with Crippen LogP contribution in [0.5, 0.6) is 0 Å². The van der Waals surface area contributed by atoms with Crippen molar-refractivity contribution >= 4 is 17.4 Å². The van der Waals surface area contributed by atoms with Gasteiger partial charge in [-0.15, -0.1) is 5.10 Å². The number of aromatic nitrogens is 3. The number of fused-ring (bicyclic) bond motifs is 1. The molecule has 1 saturated heterocycles. The minimum atomic E-state index is -0.321. The third kappa shape index (κ3) is 3.05. The fraction of sp³-hybridized carbons (Fsp3) is 0.632. The Hall–Kier alpha value is -2.15. The van der Waals surface area contributed by atoms with Crippen LogP contribution in [-0.2, 0) is 19.7 Å². The van der Waals surface area contributed by atoms with Crippen LogP contribution < -0.4 is 5.32 Å². The van der Waals surface area contributed by atoms with Crippen molar-refractivity contribution in [2.75, 3.05) is 18.5 Å². The molecule has 3 heterocycles. The minimum absolute atomic E-state index is 0.0482. The Bertz CT molecular complexity index is 794. The van der Waals surface area contributed by atoms with Crippen molar-refractivity contribution in [2.24, 2.45) is 0 Å². The molecule has 4 rings (SSSR count). The lowest BCUT2D eigenvalue weighted by Crippen LogP contribution is -2.45. The number of carbonyl (C=O) groups is 1. The van der Waals surface area contributed by atoms with Crippen molar-refractivity contribution in [3.8, 4) is 0 Å². The summed E-state index contributed by atoms with van der Waals surface area (Å²) in [5.74, 6) is 0.260. The molecule has 0 spiro atoms. The summed E-state index contributed by atoms with van der Waals surface area (Å²) < 4.78 is 12.9. The lowest BCUT2D eigenvalue weighted by atomic mass is 9.65. The first-order chi connectivity index (χ1) is 12.6. The minimum Gasteiger partial charge on any atom is -0.458 e. The van der Waals surface area contributed by atoms with Crippen molar-refractivity contribution in [3.63, 3.8) is 0 Å². The smallest absolute Gasteiger partial charge is 0.303 e. The number of anilines is 1. The molecule has 2 atom stereocenters. The highest BCUT2D eigenvalue weighted by Gasteiger charge is 2.39. The second-order valence-corrected chi connectivity index (χ2v) is 7.39. The van der Waals surface area contributed by atoms with Gasteiger partial charge in [-0.05, 0) is 37.8 Å². The molecule has 26 heavy (non-hydrogen) atoms. The van der Waals surface area contributed by atoms with Gasteiger partial charge in [0.05, 0.1) is 24.4 Å². The van der Waals surface area contributed by atoms with Gasteiger partial charge in [0.1, 0.15) is 6.10 Å². The number of nitrogens with zero attached hydrogens (tertiary/aromatic N) is 3. The highest BCUT2D eigenvalue weighted by atomic mass is 16.6. The van der Waals surface area contributed by atoms with Crippen LogP contribution in [0.1, 0.15) is 51.6 Å². The van der Waals surface area contributed by atoms with E-state index in [-0.39, 0.29) is 23.5 Å². The van der Waals surface area contributed by atoms with Gasteiger partial charge < -0.3 is 14.8 Å². The first kappa shape index (κ1) is 17.3. The number of carbonyl (C=O) groups excluding carboxylic acids is 1. The van der Waals surface area contributed by atoms with E-state index in [1.54, 1.807) is 0 Å². The van der Waals surface area contributed by atoms with E-state index in [0.29, 0.717) is 19.2 Å². The fourth-order valence-electron chi connectivity index (χ4n) is 4.14. The second-order valence-electron chi connectivity index (χ2n) is 7.39. The zero-order chi connectivity index (χ0) is 18.1. The molecule has 7 nitrogen and oxygen atoms in total. The zero-order valence-corrected chi connectivity index (χ0v) is 15.4. The average molecular weight is 358 g/mol. The number of esters is 1. The number of rotatable bonds is 5. The van der Waals surface area contributed by atoms with Crippen LogP contribution in [-0.4, -0.2) is 45.9 Å². The summed E-state index contributed by atoms with van der Waals surface area (Å²) in [7, 11) is 0.